The average molecular weight is 422 g/mol. The maximum atomic E-state index is 13.1. The standard InChI is InChI=1S/C23H27N5OS/c1-16-8-10-20(11-9-16)22-25-26-23(28(22)24)30-15-21(29)27(17(2)19-12-13-19)14-18-6-4-3-5-7-18/h3-11,17,19H,12-15,24H2,1-2H3. The van der Waals surface area contributed by atoms with Crippen LogP contribution in [0.25, 0.3) is 11.4 Å². The molecule has 156 valence electrons. The van der Waals surface area contributed by atoms with Crippen LogP contribution in [0.3, 0.4) is 0 Å². The summed E-state index contributed by atoms with van der Waals surface area (Å²) in [6.45, 7) is 4.82. The molecule has 1 unspecified atom stereocenters. The summed E-state index contributed by atoms with van der Waals surface area (Å²) in [6.07, 6.45) is 2.40. The molecule has 1 aliphatic carbocycles. The first-order valence-electron chi connectivity index (χ1n) is 10.3. The maximum absolute atomic E-state index is 13.1. The van der Waals surface area contributed by atoms with Gasteiger partial charge in [0.1, 0.15) is 0 Å². The number of hydrogen-bond donors (Lipinski definition) is 1. The van der Waals surface area contributed by atoms with Crippen LogP contribution in [0.4, 0.5) is 0 Å². The van der Waals surface area contributed by atoms with Gasteiger partial charge in [0.25, 0.3) is 0 Å². The molecule has 3 aromatic rings. The number of nitrogens with zero attached hydrogens (tertiary/aromatic N) is 4. The third kappa shape index (κ3) is 4.67. The van der Waals surface area contributed by atoms with E-state index in [9.17, 15) is 4.79 Å². The summed E-state index contributed by atoms with van der Waals surface area (Å²) in [7, 11) is 0. The van der Waals surface area contributed by atoms with Gasteiger partial charge in [-0.2, -0.15) is 0 Å². The highest BCUT2D eigenvalue weighted by Gasteiger charge is 2.34. The predicted molar refractivity (Wildman–Crippen MR) is 120 cm³/mol. The van der Waals surface area contributed by atoms with E-state index in [1.807, 2.05) is 54.3 Å². The monoisotopic (exact) mass is 421 g/mol. The minimum Gasteiger partial charge on any atom is -0.335 e. The highest BCUT2D eigenvalue weighted by molar-refractivity contribution is 7.99. The summed E-state index contributed by atoms with van der Waals surface area (Å²) in [5.41, 5.74) is 3.22. The fourth-order valence-electron chi connectivity index (χ4n) is 3.56. The Labute approximate surface area is 181 Å². The second-order valence-corrected chi connectivity index (χ2v) is 8.86. The molecule has 0 radical (unpaired) electrons. The highest BCUT2D eigenvalue weighted by Crippen LogP contribution is 2.36. The van der Waals surface area contributed by atoms with Crippen LogP contribution < -0.4 is 5.84 Å². The van der Waals surface area contributed by atoms with E-state index in [1.165, 1.54) is 34.8 Å². The lowest BCUT2D eigenvalue weighted by molar-refractivity contribution is -0.131. The Kier molecular flexibility index (Phi) is 6.08. The zero-order valence-corrected chi connectivity index (χ0v) is 18.2. The molecular weight excluding hydrogens is 394 g/mol. The Morgan fingerprint density at radius 2 is 1.87 bits per heavy atom. The van der Waals surface area contributed by atoms with E-state index in [2.05, 4.69) is 29.3 Å². The quantitative estimate of drug-likeness (QED) is 0.441. The van der Waals surface area contributed by atoms with Gasteiger partial charge < -0.3 is 10.7 Å². The number of nitrogens with two attached hydrogens (primary N) is 1. The Morgan fingerprint density at radius 3 is 2.53 bits per heavy atom. The van der Waals surface area contributed by atoms with Crippen molar-refractivity contribution < 1.29 is 4.79 Å². The van der Waals surface area contributed by atoms with Crippen molar-refractivity contribution in [3.8, 4) is 11.4 Å². The molecule has 30 heavy (non-hydrogen) atoms. The van der Waals surface area contributed by atoms with Crippen molar-refractivity contribution in [2.75, 3.05) is 11.6 Å². The number of carbonyl (C=O) groups is 1. The summed E-state index contributed by atoms with van der Waals surface area (Å²) >= 11 is 1.34. The summed E-state index contributed by atoms with van der Waals surface area (Å²) in [5.74, 6) is 7.81. The van der Waals surface area contributed by atoms with Crippen molar-refractivity contribution in [1.82, 2.24) is 19.8 Å². The summed E-state index contributed by atoms with van der Waals surface area (Å²) in [5, 5.41) is 8.96. The second kappa shape index (κ2) is 8.92. The number of aromatic nitrogens is 3. The highest BCUT2D eigenvalue weighted by atomic mass is 32.2. The lowest BCUT2D eigenvalue weighted by Gasteiger charge is -2.29. The Bertz CT molecular complexity index is 998. The predicted octanol–water partition coefficient (Wildman–Crippen LogP) is 3.89. The molecular formula is C23H27N5OS. The average Bonchev–Trinajstić information content (AvgIpc) is 3.55. The van der Waals surface area contributed by atoms with Gasteiger partial charge >= 0.3 is 0 Å². The summed E-state index contributed by atoms with van der Waals surface area (Å²) < 4.78 is 1.47. The molecule has 2 N–H and O–H groups in total. The van der Waals surface area contributed by atoms with Gasteiger partial charge in [-0.3, -0.25) is 4.79 Å². The molecule has 6 nitrogen and oxygen atoms in total. The van der Waals surface area contributed by atoms with Crippen molar-refractivity contribution in [3.05, 3.63) is 65.7 Å². The molecule has 1 heterocycles. The van der Waals surface area contributed by atoms with Gasteiger partial charge in [0.05, 0.1) is 5.75 Å². The first-order valence-corrected chi connectivity index (χ1v) is 11.2. The van der Waals surface area contributed by atoms with Crippen molar-refractivity contribution >= 4 is 17.7 Å². The zero-order valence-electron chi connectivity index (χ0n) is 17.4. The molecule has 7 heteroatoms. The van der Waals surface area contributed by atoms with Gasteiger partial charge in [-0.25, -0.2) is 4.68 Å². The van der Waals surface area contributed by atoms with Gasteiger partial charge in [0, 0.05) is 18.2 Å². The van der Waals surface area contributed by atoms with E-state index in [1.54, 1.807) is 0 Å². The smallest absolute Gasteiger partial charge is 0.233 e. The number of amides is 1. The van der Waals surface area contributed by atoms with Crippen LogP contribution in [-0.2, 0) is 11.3 Å². The van der Waals surface area contributed by atoms with Crippen molar-refractivity contribution in [2.24, 2.45) is 5.92 Å². The van der Waals surface area contributed by atoms with Crippen molar-refractivity contribution in [1.29, 1.82) is 0 Å². The van der Waals surface area contributed by atoms with E-state index in [-0.39, 0.29) is 17.7 Å². The third-order valence-corrected chi connectivity index (χ3v) is 6.54. The lowest BCUT2D eigenvalue weighted by Crippen LogP contribution is -2.40. The van der Waals surface area contributed by atoms with Crippen molar-refractivity contribution in [2.45, 2.75) is 44.4 Å². The first kappa shape index (κ1) is 20.5. The zero-order chi connectivity index (χ0) is 21.1. The van der Waals surface area contributed by atoms with Gasteiger partial charge in [-0.15, -0.1) is 10.2 Å². The first-order chi connectivity index (χ1) is 14.5. The van der Waals surface area contributed by atoms with E-state index < -0.39 is 0 Å². The van der Waals surface area contributed by atoms with E-state index >= 15 is 0 Å². The van der Waals surface area contributed by atoms with Crippen LogP contribution >= 0.6 is 11.8 Å². The SMILES string of the molecule is Cc1ccc(-c2nnc(SCC(=O)N(Cc3ccccc3)C(C)C3CC3)n2N)cc1. The number of carbonyl (C=O) groups excluding carboxylic acids is 1. The normalized spacial score (nSPS) is 14.5. The number of aryl methyl sites for hydroxylation is 1. The minimum atomic E-state index is 0.100. The Balaban J connectivity index is 1.45. The number of benzene rings is 2. The lowest BCUT2D eigenvalue weighted by atomic mass is 10.1. The fourth-order valence-corrected chi connectivity index (χ4v) is 4.30. The summed E-state index contributed by atoms with van der Waals surface area (Å²) in [4.78, 5) is 15.1. The number of hydrogen-bond acceptors (Lipinski definition) is 5. The molecule has 1 amide bonds. The molecule has 0 spiro atoms. The number of rotatable bonds is 8. The maximum Gasteiger partial charge on any atom is 0.233 e. The van der Waals surface area contributed by atoms with Crippen LogP contribution in [0.2, 0.25) is 0 Å². The van der Waals surface area contributed by atoms with Crippen molar-refractivity contribution in [3.63, 3.8) is 0 Å². The molecule has 2 aromatic carbocycles. The van der Waals surface area contributed by atoms with Crippen LogP contribution in [0.15, 0.2) is 59.8 Å². The van der Waals surface area contributed by atoms with E-state index in [0.717, 1.165) is 11.1 Å². The number of nitrogen functional groups attached to an aromatic ring is 1. The largest absolute Gasteiger partial charge is 0.335 e. The van der Waals surface area contributed by atoms with Gasteiger partial charge in [-0.05, 0) is 38.2 Å². The fraction of sp³-hybridized carbons (Fsp3) is 0.348. The van der Waals surface area contributed by atoms with Crippen LogP contribution in [0, 0.1) is 12.8 Å². The molecule has 0 bridgehead atoms. The molecule has 0 aliphatic heterocycles. The van der Waals surface area contributed by atoms with Gasteiger partial charge in [0.2, 0.25) is 11.1 Å². The number of thioether (sulfide) groups is 1. The minimum absolute atomic E-state index is 0.100. The topological polar surface area (TPSA) is 77.0 Å². The molecule has 1 aliphatic rings. The summed E-state index contributed by atoms with van der Waals surface area (Å²) in [6, 6.07) is 18.4. The molecule has 1 aromatic heterocycles. The molecule has 0 saturated heterocycles. The van der Waals surface area contributed by atoms with E-state index in [4.69, 9.17) is 5.84 Å². The van der Waals surface area contributed by atoms with Crippen LogP contribution in [-0.4, -0.2) is 37.5 Å². The molecule has 1 fully saturated rings. The van der Waals surface area contributed by atoms with Gasteiger partial charge in [0.15, 0.2) is 5.82 Å². The second-order valence-electron chi connectivity index (χ2n) is 7.92. The Morgan fingerprint density at radius 1 is 1.17 bits per heavy atom. The molecule has 1 atom stereocenters. The van der Waals surface area contributed by atoms with Crippen LogP contribution in [0.5, 0.6) is 0 Å². The molecule has 4 rings (SSSR count). The third-order valence-electron chi connectivity index (χ3n) is 5.61. The van der Waals surface area contributed by atoms with Crippen LogP contribution in [0.1, 0.15) is 30.9 Å². The molecule has 1 saturated carbocycles. The van der Waals surface area contributed by atoms with Gasteiger partial charge in [-0.1, -0.05) is 71.9 Å². The Hall–Kier alpha value is -2.80. The van der Waals surface area contributed by atoms with E-state index in [0.29, 0.717) is 23.4 Å².